The molecule has 0 atom stereocenters. The zero-order valence-corrected chi connectivity index (χ0v) is 16.2. The fourth-order valence-electron chi connectivity index (χ4n) is 2.25. The minimum Gasteiger partial charge on any atom is -0.351 e. The Morgan fingerprint density at radius 1 is 1.15 bits per heavy atom. The minimum absolute atomic E-state index is 0.234. The molecule has 0 saturated carbocycles. The summed E-state index contributed by atoms with van der Waals surface area (Å²) in [7, 11) is -2.05. The van der Waals surface area contributed by atoms with Crippen molar-refractivity contribution in [3.8, 4) is 0 Å². The standard InChI is InChI=1S/C18H21FN2O3S2/c1-21(26(2,23)24)17-10-6-4-8-15(17)18(22)20-11-12-25-13-14-7-3-5-9-16(14)19/h3-10H,11-13H2,1-2H3,(H,20,22). The first kappa shape index (κ1) is 20.3. The number of nitrogens with zero attached hydrogens (tertiary/aromatic N) is 1. The maximum atomic E-state index is 13.5. The fourth-order valence-corrected chi connectivity index (χ4v) is 3.61. The monoisotopic (exact) mass is 396 g/mol. The van der Waals surface area contributed by atoms with Crippen LogP contribution in [-0.4, -0.2) is 39.9 Å². The summed E-state index contributed by atoms with van der Waals surface area (Å²) in [6.45, 7) is 0.398. The van der Waals surface area contributed by atoms with Crippen LogP contribution in [0.15, 0.2) is 48.5 Å². The maximum absolute atomic E-state index is 13.5. The van der Waals surface area contributed by atoms with E-state index in [0.717, 1.165) is 10.6 Å². The molecule has 8 heteroatoms. The van der Waals surface area contributed by atoms with Crippen molar-refractivity contribution in [2.75, 3.05) is 29.9 Å². The first-order valence-electron chi connectivity index (χ1n) is 7.93. The summed E-state index contributed by atoms with van der Waals surface area (Å²) >= 11 is 1.51. The van der Waals surface area contributed by atoms with Crippen LogP contribution in [0.5, 0.6) is 0 Å². The molecule has 0 fully saturated rings. The number of hydrogen-bond donors (Lipinski definition) is 1. The van der Waals surface area contributed by atoms with E-state index in [-0.39, 0.29) is 11.7 Å². The third-order valence-electron chi connectivity index (χ3n) is 3.73. The summed E-state index contributed by atoms with van der Waals surface area (Å²) in [5.74, 6) is 0.560. The third kappa shape index (κ3) is 5.47. The second-order valence-corrected chi connectivity index (χ2v) is 8.77. The average molecular weight is 397 g/mol. The minimum atomic E-state index is -3.46. The van der Waals surface area contributed by atoms with Crippen molar-refractivity contribution in [3.05, 3.63) is 65.5 Å². The summed E-state index contributed by atoms with van der Waals surface area (Å²) in [4.78, 5) is 12.4. The Morgan fingerprint density at radius 3 is 2.50 bits per heavy atom. The first-order chi connectivity index (χ1) is 12.3. The van der Waals surface area contributed by atoms with E-state index in [4.69, 9.17) is 0 Å². The molecule has 2 rings (SSSR count). The van der Waals surface area contributed by atoms with Crippen LogP contribution in [0.3, 0.4) is 0 Å². The normalized spacial score (nSPS) is 11.2. The molecule has 0 aliphatic rings. The van der Waals surface area contributed by atoms with Crippen LogP contribution in [0.1, 0.15) is 15.9 Å². The van der Waals surface area contributed by atoms with E-state index >= 15 is 0 Å². The highest BCUT2D eigenvalue weighted by atomic mass is 32.2. The Bertz CT molecular complexity index is 872. The van der Waals surface area contributed by atoms with Crippen molar-refractivity contribution >= 4 is 33.4 Å². The van der Waals surface area contributed by atoms with Gasteiger partial charge in [0.15, 0.2) is 0 Å². The number of carbonyl (C=O) groups is 1. The molecule has 2 aromatic carbocycles. The van der Waals surface area contributed by atoms with Crippen LogP contribution in [-0.2, 0) is 15.8 Å². The van der Waals surface area contributed by atoms with E-state index < -0.39 is 10.0 Å². The van der Waals surface area contributed by atoms with Crippen molar-refractivity contribution < 1.29 is 17.6 Å². The van der Waals surface area contributed by atoms with Gasteiger partial charge in [-0.2, -0.15) is 11.8 Å². The molecule has 1 N–H and O–H groups in total. The number of rotatable bonds is 8. The summed E-state index contributed by atoms with van der Waals surface area (Å²) in [6.07, 6.45) is 1.08. The quantitative estimate of drug-likeness (QED) is 0.697. The van der Waals surface area contributed by atoms with E-state index in [0.29, 0.717) is 34.9 Å². The van der Waals surface area contributed by atoms with E-state index in [1.165, 1.54) is 24.9 Å². The number of benzene rings is 2. The van der Waals surface area contributed by atoms with Gasteiger partial charge in [0, 0.05) is 25.1 Å². The van der Waals surface area contributed by atoms with Gasteiger partial charge in [0.2, 0.25) is 10.0 Å². The second-order valence-electron chi connectivity index (χ2n) is 5.65. The van der Waals surface area contributed by atoms with Gasteiger partial charge in [0.25, 0.3) is 5.91 Å². The molecule has 0 aliphatic carbocycles. The topological polar surface area (TPSA) is 66.5 Å². The molecular weight excluding hydrogens is 375 g/mol. The predicted octanol–water partition coefficient (Wildman–Crippen LogP) is 2.88. The Kier molecular flexibility index (Phi) is 7.05. The molecule has 0 bridgehead atoms. The summed E-state index contributed by atoms with van der Waals surface area (Å²) < 4.78 is 38.1. The molecule has 5 nitrogen and oxygen atoms in total. The summed E-state index contributed by atoms with van der Waals surface area (Å²) in [6, 6.07) is 13.1. The van der Waals surface area contributed by atoms with Gasteiger partial charge in [-0.3, -0.25) is 9.10 Å². The van der Waals surface area contributed by atoms with Gasteiger partial charge in [-0.15, -0.1) is 0 Å². The molecule has 0 unspecified atom stereocenters. The van der Waals surface area contributed by atoms with Crippen molar-refractivity contribution in [2.45, 2.75) is 5.75 Å². The fraction of sp³-hybridized carbons (Fsp3) is 0.278. The van der Waals surface area contributed by atoms with Crippen LogP contribution in [0, 0.1) is 5.82 Å². The van der Waals surface area contributed by atoms with Gasteiger partial charge in [0.1, 0.15) is 5.82 Å². The summed E-state index contributed by atoms with van der Waals surface area (Å²) in [5, 5.41) is 2.77. The number of nitrogens with one attached hydrogen (secondary N) is 1. The molecule has 1 amide bonds. The highest BCUT2D eigenvalue weighted by Gasteiger charge is 2.19. The highest BCUT2D eigenvalue weighted by Crippen LogP contribution is 2.21. The van der Waals surface area contributed by atoms with Crippen molar-refractivity contribution in [2.24, 2.45) is 0 Å². The molecule has 0 aliphatic heterocycles. The number of carbonyl (C=O) groups excluding carboxylic acids is 1. The molecule has 0 spiro atoms. The Balaban J connectivity index is 1.90. The number of para-hydroxylation sites is 1. The molecular formula is C18H21FN2O3S2. The number of halogens is 1. The lowest BCUT2D eigenvalue weighted by Crippen LogP contribution is -2.30. The number of thioether (sulfide) groups is 1. The number of amides is 1. The van der Waals surface area contributed by atoms with Crippen LogP contribution in [0.4, 0.5) is 10.1 Å². The SMILES string of the molecule is CN(c1ccccc1C(=O)NCCSCc1ccccc1F)S(C)(=O)=O. The van der Waals surface area contributed by atoms with Crippen LogP contribution in [0.25, 0.3) is 0 Å². The van der Waals surface area contributed by atoms with Gasteiger partial charge in [-0.05, 0) is 23.8 Å². The van der Waals surface area contributed by atoms with Gasteiger partial charge >= 0.3 is 0 Å². The van der Waals surface area contributed by atoms with Gasteiger partial charge < -0.3 is 5.32 Å². The van der Waals surface area contributed by atoms with E-state index in [1.807, 2.05) is 0 Å². The lowest BCUT2D eigenvalue weighted by molar-refractivity contribution is 0.0957. The zero-order valence-electron chi connectivity index (χ0n) is 14.6. The van der Waals surface area contributed by atoms with Gasteiger partial charge in [-0.1, -0.05) is 30.3 Å². The molecule has 0 aromatic heterocycles. The number of sulfonamides is 1. The molecule has 2 aromatic rings. The Morgan fingerprint density at radius 2 is 1.81 bits per heavy atom. The predicted molar refractivity (Wildman–Crippen MR) is 105 cm³/mol. The second kappa shape index (κ2) is 9.05. The van der Waals surface area contributed by atoms with Crippen LogP contribution >= 0.6 is 11.8 Å². The van der Waals surface area contributed by atoms with Gasteiger partial charge in [0.05, 0.1) is 17.5 Å². The molecule has 0 saturated heterocycles. The average Bonchev–Trinajstić information content (AvgIpc) is 2.61. The van der Waals surface area contributed by atoms with E-state index in [1.54, 1.807) is 42.5 Å². The number of hydrogen-bond acceptors (Lipinski definition) is 4. The molecule has 0 heterocycles. The molecule has 0 radical (unpaired) electrons. The lowest BCUT2D eigenvalue weighted by atomic mass is 10.1. The molecule has 26 heavy (non-hydrogen) atoms. The van der Waals surface area contributed by atoms with Gasteiger partial charge in [-0.25, -0.2) is 12.8 Å². The maximum Gasteiger partial charge on any atom is 0.253 e. The van der Waals surface area contributed by atoms with Crippen molar-refractivity contribution in [1.82, 2.24) is 5.32 Å². The summed E-state index contributed by atoms with van der Waals surface area (Å²) in [5.41, 5.74) is 1.25. The first-order valence-corrected chi connectivity index (χ1v) is 10.9. The Labute approximate surface area is 157 Å². The lowest BCUT2D eigenvalue weighted by Gasteiger charge is -2.19. The van der Waals surface area contributed by atoms with Crippen molar-refractivity contribution in [3.63, 3.8) is 0 Å². The third-order valence-corrected chi connectivity index (χ3v) is 5.93. The van der Waals surface area contributed by atoms with E-state index in [9.17, 15) is 17.6 Å². The van der Waals surface area contributed by atoms with Crippen LogP contribution in [0.2, 0.25) is 0 Å². The molecule has 140 valence electrons. The Hall–Kier alpha value is -2.06. The highest BCUT2D eigenvalue weighted by molar-refractivity contribution is 7.98. The van der Waals surface area contributed by atoms with Crippen molar-refractivity contribution in [1.29, 1.82) is 0 Å². The number of anilines is 1. The van der Waals surface area contributed by atoms with E-state index in [2.05, 4.69) is 5.32 Å². The largest absolute Gasteiger partial charge is 0.351 e. The smallest absolute Gasteiger partial charge is 0.253 e. The van der Waals surface area contributed by atoms with Crippen LogP contribution < -0.4 is 9.62 Å². The zero-order chi connectivity index (χ0) is 19.2.